The molecule has 0 aromatic carbocycles. The molecule has 0 saturated carbocycles. The quantitative estimate of drug-likeness (QED) is 0.786. The van der Waals surface area contributed by atoms with E-state index in [0.29, 0.717) is 12.4 Å². The Morgan fingerprint density at radius 3 is 2.47 bits per heavy atom. The lowest BCUT2D eigenvalue weighted by molar-refractivity contribution is 0.178. The van der Waals surface area contributed by atoms with E-state index in [9.17, 15) is 0 Å². The van der Waals surface area contributed by atoms with Gasteiger partial charge in [-0.2, -0.15) is 0 Å². The molecule has 0 unspecified atom stereocenters. The van der Waals surface area contributed by atoms with Gasteiger partial charge in [0.2, 0.25) is 0 Å². The monoisotopic (exact) mass is 238 g/mol. The molecule has 1 aromatic rings. The van der Waals surface area contributed by atoms with Crippen LogP contribution in [0.1, 0.15) is 26.6 Å². The van der Waals surface area contributed by atoms with Crippen molar-refractivity contribution < 1.29 is 4.74 Å². The average molecular weight is 238 g/mol. The van der Waals surface area contributed by atoms with Gasteiger partial charge >= 0.3 is 0 Å². The highest BCUT2D eigenvalue weighted by molar-refractivity contribution is 5.49. The second kappa shape index (κ2) is 7.06. The van der Waals surface area contributed by atoms with Crippen molar-refractivity contribution in [1.29, 1.82) is 0 Å². The van der Waals surface area contributed by atoms with Crippen LogP contribution in [0.2, 0.25) is 0 Å². The Hall–Kier alpha value is -1.36. The van der Waals surface area contributed by atoms with Crippen LogP contribution >= 0.6 is 0 Å². The van der Waals surface area contributed by atoms with Gasteiger partial charge in [0.25, 0.3) is 0 Å². The van der Waals surface area contributed by atoms with Crippen LogP contribution in [0.3, 0.4) is 0 Å². The molecule has 1 aromatic heterocycles. The molecule has 0 aliphatic carbocycles. The molecule has 0 amide bonds. The molecule has 0 bridgehead atoms. The lowest BCUT2D eigenvalue weighted by Crippen LogP contribution is -2.24. The van der Waals surface area contributed by atoms with Gasteiger partial charge in [-0.05, 0) is 20.8 Å². The first-order chi connectivity index (χ1) is 8.24. The molecule has 96 valence electrons. The number of rotatable bonds is 7. The maximum absolute atomic E-state index is 5.09. The Morgan fingerprint density at radius 2 is 1.94 bits per heavy atom. The number of hydrogen-bond donors (Lipinski definition) is 1. The molecular weight excluding hydrogens is 216 g/mol. The second-order valence-electron chi connectivity index (χ2n) is 3.66. The maximum atomic E-state index is 5.09. The molecule has 1 heterocycles. The van der Waals surface area contributed by atoms with Crippen LogP contribution in [-0.2, 0) is 11.3 Å². The van der Waals surface area contributed by atoms with E-state index in [1.165, 1.54) is 0 Å². The lowest BCUT2D eigenvalue weighted by Gasteiger charge is -2.21. The highest BCUT2D eigenvalue weighted by atomic mass is 16.5. The Morgan fingerprint density at radius 1 is 1.24 bits per heavy atom. The summed E-state index contributed by atoms with van der Waals surface area (Å²) in [6.07, 6.45) is 0. The minimum Gasteiger partial charge on any atom is -0.377 e. The van der Waals surface area contributed by atoms with Crippen molar-refractivity contribution in [2.75, 3.05) is 37.0 Å². The fourth-order valence-electron chi connectivity index (χ4n) is 1.66. The van der Waals surface area contributed by atoms with Crippen LogP contribution < -0.4 is 10.2 Å². The summed E-state index contributed by atoms with van der Waals surface area (Å²) < 4.78 is 5.09. The zero-order valence-corrected chi connectivity index (χ0v) is 11.2. The number of nitrogens with one attached hydrogen (secondary N) is 1. The van der Waals surface area contributed by atoms with E-state index in [1.54, 1.807) is 7.11 Å². The van der Waals surface area contributed by atoms with Crippen LogP contribution in [0.4, 0.5) is 11.6 Å². The third-order valence-corrected chi connectivity index (χ3v) is 2.48. The zero-order valence-electron chi connectivity index (χ0n) is 11.2. The zero-order chi connectivity index (χ0) is 12.7. The number of nitrogens with zero attached hydrogens (tertiary/aromatic N) is 3. The predicted molar refractivity (Wildman–Crippen MR) is 70.5 cm³/mol. The molecule has 0 aliphatic rings. The van der Waals surface area contributed by atoms with Crippen LogP contribution in [0.5, 0.6) is 0 Å². The van der Waals surface area contributed by atoms with Crippen LogP contribution in [-0.4, -0.2) is 36.7 Å². The minimum absolute atomic E-state index is 0.438. The van der Waals surface area contributed by atoms with E-state index in [0.717, 1.165) is 31.3 Å². The van der Waals surface area contributed by atoms with Crippen molar-refractivity contribution in [3.8, 4) is 0 Å². The van der Waals surface area contributed by atoms with Gasteiger partial charge in [-0.3, -0.25) is 0 Å². The van der Waals surface area contributed by atoms with Gasteiger partial charge in [0.1, 0.15) is 18.2 Å². The van der Waals surface area contributed by atoms with E-state index in [2.05, 4.69) is 41.0 Å². The number of ether oxygens (including phenoxy) is 1. The highest BCUT2D eigenvalue weighted by Crippen LogP contribution is 2.16. The largest absolute Gasteiger partial charge is 0.377 e. The van der Waals surface area contributed by atoms with Gasteiger partial charge in [-0.25, -0.2) is 9.97 Å². The molecular formula is C12H22N4O. The molecule has 0 saturated heterocycles. The fraction of sp³-hybridized carbons (Fsp3) is 0.667. The first-order valence-electron chi connectivity index (χ1n) is 6.10. The molecule has 17 heavy (non-hydrogen) atoms. The summed E-state index contributed by atoms with van der Waals surface area (Å²) in [4.78, 5) is 11.1. The molecule has 0 fully saturated rings. The van der Waals surface area contributed by atoms with E-state index < -0.39 is 0 Å². The van der Waals surface area contributed by atoms with Crippen molar-refractivity contribution in [2.24, 2.45) is 0 Å². The van der Waals surface area contributed by atoms with Gasteiger partial charge in [0.15, 0.2) is 5.82 Å². The third kappa shape index (κ3) is 3.85. The van der Waals surface area contributed by atoms with Gasteiger partial charge in [-0.15, -0.1) is 0 Å². The van der Waals surface area contributed by atoms with Crippen molar-refractivity contribution in [1.82, 2.24) is 9.97 Å². The first kappa shape index (κ1) is 13.7. The average Bonchev–Trinajstić information content (AvgIpc) is 2.31. The standard InChI is InChI=1S/C12H22N4O/c1-5-13-10-8-12(16(6-2)7-3)15-11(14-10)9-17-4/h8H,5-7,9H2,1-4H3,(H,13,14,15). The number of methoxy groups -OCH3 is 1. The Labute approximate surface area is 103 Å². The van der Waals surface area contributed by atoms with E-state index in [1.807, 2.05) is 6.07 Å². The summed E-state index contributed by atoms with van der Waals surface area (Å²) in [7, 11) is 1.65. The number of aromatic nitrogens is 2. The Bertz CT molecular complexity index is 315. The van der Waals surface area contributed by atoms with Crippen molar-refractivity contribution in [3.05, 3.63) is 11.9 Å². The summed E-state index contributed by atoms with van der Waals surface area (Å²) >= 11 is 0. The van der Waals surface area contributed by atoms with E-state index in [-0.39, 0.29) is 0 Å². The molecule has 5 nitrogen and oxygen atoms in total. The Balaban J connectivity index is 3.01. The van der Waals surface area contributed by atoms with Crippen LogP contribution in [0, 0.1) is 0 Å². The van der Waals surface area contributed by atoms with Crippen LogP contribution in [0.25, 0.3) is 0 Å². The number of anilines is 2. The van der Waals surface area contributed by atoms with Gasteiger partial charge < -0.3 is 15.0 Å². The van der Waals surface area contributed by atoms with Crippen molar-refractivity contribution >= 4 is 11.6 Å². The first-order valence-corrected chi connectivity index (χ1v) is 6.10. The second-order valence-corrected chi connectivity index (χ2v) is 3.66. The molecule has 1 rings (SSSR count). The molecule has 0 atom stereocenters. The minimum atomic E-state index is 0.438. The summed E-state index contributed by atoms with van der Waals surface area (Å²) in [5, 5.41) is 3.22. The van der Waals surface area contributed by atoms with Gasteiger partial charge in [0, 0.05) is 32.8 Å². The molecule has 0 spiro atoms. The summed E-state index contributed by atoms with van der Waals surface area (Å²) in [6, 6.07) is 1.98. The van der Waals surface area contributed by atoms with Crippen LogP contribution in [0.15, 0.2) is 6.07 Å². The smallest absolute Gasteiger partial charge is 0.158 e. The molecule has 5 heteroatoms. The predicted octanol–water partition coefficient (Wildman–Crippen LogP) is 1.90. The third-order valence-electron chi connectivity index (χ3n) is 2.48. The van der Waals surface area contributed by atoms with Gasteiger partial charge in [-0.1, -0.05) is 0 Å². The molecule has 1 N–H and O–H groups in total. The topological polar surface area (TPSA) is 50.3 Å². The fourth-order valence-corrected chi connectivity index (χ4v) is 1.66. The Kier molecular flexibility index (Phi) is 5.69. The summed E-state index contributed by atoms with van der Waals surface area (Å²) in [5.74, 6) is 2.53. The molecule has 0 radical (unpaired) electrons. The summed E-state index contributed by atoms with van der Waals surface area (Å²) in [6.45, 7) is 9.45. The number of hydrogen-bond acceptors (Lipinski definition) is 5. The van der Waals surface area contributed by atoms with Crippen molar-refractivity contribution in [2.45, 2.75) is 27.4 Å². The van der Waals surface area contributed by atoms with Gasteiger partial charge in [0.05, 0.1) is 0 Å². The maximum Gasteiger partial charge on any atom is 0.158 e. The van der Waals surface area contributed by atoms with Crippen molar-refractivity contribution in [3.63, 3.8) is 0 Å². The highest BCUT2D eigenvalue weighted by Gasteiger charge is 2.08. The molecule has 0 aliphatic heterocycles. The van der Waals surface area contributed by atoms with E-state index >= 15 is 0 Å². The normalized spacial score (nSPS) is 10.4. The van der Waals surface area contributed by atoms with E-state index in [4.69, 9.17) is 4.74 Å². The SMILES string of the molecule is CCNc1cc(N(CC)CC)nc(COC)n1. The lowest BCUT2D eigenvalue weighted by atomic mass is 10.4. The summed E-state index contributed by atoms with van der Waals surface area (Å²) in [5.41, 5.74) is 0.